The maximum absolute atomic E-state index is 16.5. The summed E-state index contributed by atoms with van der Waals surface area (Å²) in [6.07, 6.45) is 10.4. The van der Waals surface area contributed by atoms with Gasteiger partial charge < -0.3 is 29.7 Å². The smallest absolute Gasteiger partial charge is 0.226 e. The normalized spacial score (nSPS) is 20.3. The number of imidazole rings is 2. The van der Waals surface area contributed by atoms with Crippen molar-refractivity contribution in [1.29, 1.82) is 0 Å². The minimum atomic E-state index is -0.447. The van der Waals surface area contributed by atoms with Crippen LogP contribution in [0.3, 0.4) is 0 Å². The first-order chi connectivity index (χ1) is 27.4. The van der Waals surface area contributed by atoms with Crippen molar-refractivity contribution in [1.82, 2.24) is 34.7 Å². The number of thiophene rings is 1. The van der Waals surface area contributed by atoms with Gasteiger partial charge in [0.15, 0.2) is 0 Å². The highest BCUT2D eigenvalue weighted by Gasteiger charge is 2.38. The summed E-state index contributed by atoms with van der Waals surface area (Å²) in [7, 11) is 0. The molecule has 0 bridgehead atoms. The second-order valence-corrected chi connectivity index (χ2v) is 17.2. The Hall–Kier alpha value is -4.78. The number of aromatic amines is 2. The highest BCUT2D eigenvalue weighted by Crippen LogP contribution is 2.50. The van der Waals surface area contributed by atoms with E-state index in [1.54, 1.807) is 23.6 Å². The molecule has 7 heterocycles. The van der Waals surface area contributed by atoms with E-state index in [2.05, 4.69) is 75.1 Å². The molecule has 10 nitrogen and oxygen atoms in total. The molecule has 1 aliphatic carbocycles. The molecule has 12 heteroatoms. The van der Waals surface area contributed by atoms with Gasteiger partial charge >= 0.3 is 0 Å². The van der Waals surface area contributed by atoms with E-state index in [-0.39, 0.29) is 23.7 Å². The molecule has 10 rings (SSSR count). The molecule has 0 spiro atoms. The molecule has 4 aliphatic rings. The maximum Gasteiger partial charge on any atom is 0.226 e. The molecule has 2 aromatic carbocycles. The largest absolute Gasteiger partial charge is 0.464 e. The molecule has 2 saturated heterocycles. The van der Waals surface area contributed by atoms with Gasteiger partial charge in [-0.2, -0.15) is 0 Å². The van der Waals surface area contributed by atoms with Crippen LogP contribution in [-0.4, -0.2) is 61.6 Å². The van der Waals surface area contributed by atoms with Gasteiger partial charge in [0, 0.05) is 47.1 Å². The number of carbonyl (C=O) groups is 1. The molecular weight excluding hydrogens is 726 g/mol. The molecular formula is C44H48FN7O3S. The lowest BCUT2D eigenvalue weighted by atomic mass is 9.86. The van der Waals surface area contributed by atoms with E-state index in [0.717, 1.165) is 108 Å². The monoisotopic (exact) mass is 773 g/mol. The Balaban J connectivity index is 0.983. The third kappa shape index (κ3) is 6.45. The maximum atomic E-state index is 16.5. The lowest BCUT2D eigenvalue weighted by Gasteiger charge is -2.32. The Morgan fingerprint density at radius 1 is 0.982 bits per heavy atom. The molecule has 3 aliphatic heterocycles. The summed E-state index contributed by atoms with van der Waals surface area (Å²) in [4.78, 5) is 34.6. The number of hydrogen-bond acceptors (Lipinski definition) is 7. The van der Waals surface area contributed by atoms with E-state index in [0.29, 0.717) is 35.3 Å². The number of nitrogens with one attached hydrogen (secondary N) is 3. The summed E-state index contributed by atoms with van der Waals surface area (Å²) in [5.74, 6) is 2.99. The molecule has 290 valence electrons. The topological polar surface area (TPSA) is 113 Å². The van der Waals surface area contributed by atoms with E-state index >= 15 is 4.39 Å². The zero-order valence-corrected chi connectivity index (χ0v) is 32.8. The fourth-order valence-corrected chi connectivity index (χ4v) is 10.2. The fourth-order valence-electron chi connectivity index (χ4n) is 9.00. The number of carbonyl (C=O) groups excluding carboxylic acids is 1. The molecule has 1 amide bonds. The molecule has 3 fully saturated rings. The Bertz CT molecular complexity index is 2400. The molecule has 3 atom stereocenters. The average molecular weight is 774 g/mol. The predicted octanol–water partition coefficient (Wildman–Crippen LogP) is 9.33. The van der Waals surface area contributed by atoms with Crippen molar-refractivity contribution in [3.63, 3.8) is 0 Å². The van der Waals surface area contributed by atoms with Crippen molar-refractivity contribution in [2.75, 3.05) is 26.3 Å². The van der Waals surface area contributed by atoms with E-state index in [1.165, 1.54) is 17.7 Å². The van der Waals surface area contributed by atoms with Crippen molar-refractivity contribution in [3.05, 3.63) is 88.1 Å². The quantitative estimate of drug-likeness (QED) is 0.113. The first-order valence-electron chi connectivity index (χ1n) is 20.4. The third-order valence-electron chi connectivity index (χ3n) is 12.3. The molecule has 2 unspecified atom stereocenters. The molecule has 4 aromatic heterocycles. The number of benzene rings is 2. The standard InChI is InChI=1S/C44H48FN7O3S/c1-3-14-46-24-40-47-22-33(49-40)29-19-31(45)41-36-20-30-18-28(8-9-34(30)52(36)44(55-37(41)21-29)39-11-10-38(56-39)27-6-7-27)32-23-48-42(50-32)35-5-4-15-51(35)43(53)25(2)26-12-16-54-17-13-26/h8-11,18-23,25-27,35,44,46H,3-7,12-17,24H2,1-2H3,(H,47,49)(H,48,50)/t25-,35?,44?/m0/s1. The second-order valence-electron chi connectivity index (χ2n) is 16.0. The van der Waals surface area contributed by atoms with Crippen LogP contribution < -0.4 is 10.1 Å². The fraction of sp³-hybridized carbons (Fsp3) is 0.432. The van der Waals surface area contributed by atoms with E-state index in [1.807, 2.05) is 17.2 Å². The van der Waals surface area contributed by atoms with Crippen LogP contribution in [0.2, 0.25) is 0 Å². The van der Waals surface area contributed by atoms with Crippen LogP contribution in [0, 0.1) is 17.7 Å². The summed E-state index contributed by atoms with van der Waals surface area (Å²) < 4.78 is 31.0. The highest BCUT2D eigenvalue weighted by molar-refractivity contribution is 7.12. The lowest BCUT2D eigenvalue weighted by molar-refractivity contribution is -0.139. The minimum Gasteiger partial charge on any atom is -0.464 e. The SMILES string of the molecule is CCCNCc1ncc(-c2cc(F)c3c(c2)OC(c2ccc(C4CC4)s2)n2c-3cc3cc(-c4cnc(C5CCCN5C(=O)[C@@H](C)C5CCOCC5)[nH]4)ccc32)[nH]1. The van der Waals surface area contributed by atoms with E-state index in [9.17, 15) is 4.79 Å². The van der Waals surface area contributed by atoms with Gasteiger partial charge in [0.2, 0.25) is 12.1 Å². The van der Waals surface area contributed by atoms with Gasteiger partial charge in [0.25, 0.3) is 0 Å². The van der Waals surface area contributed by atoms with Gasteiger partial charge in [-0.3, -0.25) is 9.36 Å². The minimum absolute atomic E-state index is 0.0303. The van der Waals surface area contributed by atoms with Crippen molar-refractivity contribution in [3.8, 4) is 39.5 Å². The van der Waals surface area contributed by atoms with Gasteiger partial charge in [-0.15, -0.1) is 11.3 Å². The van der Waals surface area contributed by atoms with Crippen molar-refractivity contribution in [2.24, 2.45) is 11.8 Å². The van der Waals surface area contributed by atoms with Crippen molar-refractivity contribution >= 4 is 28.1 Å². The zero-order valence-electron chi connectivity index (χ0n) is 31.9. The number of amides is 1. The number of hydrogen-bond donors (Lipinski definition) is 3. The molecule has 0 radical (unpaired) electrons. The number of fused-ring (bicyclic) bond motifs is 5. The Labute approximate surface area is 329 Å². The molecule has 56 heavy (non-hydrogen) atoms. The summed E-state index contributed by atoms with van der Waals surface area (Å²) >= 11 is 1.79. The first-order valence-corrected chi connectivity index (χ1v) is 21.2. The molecule has 6 aromatic rings. The highest BCUT2D eigenvalue weighted by atomic mass is 32.1. The van der Waals surface area contributed by atoms with Crippen LogP contribution in [0.25, 0.3) is 44.7 Å². The number of likely N-dealkylation sites (tertiary alicyclic amines) is 1. The summed E-state index contributed by atoms with van der Waals surface area (Å²) in [5, 5.41) is 4.35. The van der Waals surface area contributed by atoms with Crippen LogP contribution in [0.5, 0.6) is 5.75 Å². The Kier molecular flexibility index (Phi) is 9.30. The van der Waals surface area contributed by atoms with Gasteiger partial charge in [0.05, 0.1) is 58.0 Å². The first kappa shape index (κ1) is 35.6. The van der Waals surface area contributed by atoms with Crippen LogP contribution in [0.1, 0.15) is 98.4 Å². The number of aromatic nitrogens is 5. The van der Waals surface area contributed by atoms with Crippen LogP contribution in [0.4, 0.5) is 4.39 Å². The Morgan fingerprint density at radius 2 is 1.80 bits per heavy atom. The number of rotatable bonds is 11. The summed E-state index contributed by atoms with van der Waals surface area (Å²) in [6, 6.07) is 16.3. The average Bonchev–Trinajstić information content (AvgIpc) is 3.80. The number of nitrogens with zero attached hydrogens (tertiary/aromatic N) is 4. The zero-order chi connectivity index (χ0) is 37.9. The van der Waals surface area contributed by atoms with Crippen LogP contribution in [-0.2, 0) is 16.1 Å². The predicted molar refractivity (Wildman–Crippen MR) is 216 cm³/mol. The van der Waals surface area contributed by atoms with E-state index in [4.69, 9.17) is 14.5 Å². The molecule has 3 N–H and O–H groups in total. The lowest BCUT2D eigenvalue weighted by Crippen LogP contribution is -2.39. The van der Waals surface area contributed by atoms with Crippen LogP contribution >= 0.6 is 11.3 Å². The van der Waals surface area contributed by atoms with Gasteiger partial charge in [-0.05, 0) is 106 Å². The van der Waals surface area contributed by atoms with Gasteiger partial charge in [-0.1, -0.05) is 19.9 Å². The number of ether oxygens (including phenoxy) is 2. The third-order valence-corrected chi connectivity index (χ3v) is 13.6. The van der Waals surface area contributed by atoms with Gasteiger partial charge in [-0.25, -0.2) is 14.4 Å². The molecule has 1 saturated carbocycles. The van der Waals surface area contributed by atoms with E-state index < -0.39 is 6.23 Å². The summed E-state index contributed by atoms with van der Waals surface area (Å²) in [6.45, 7) is 7.96. The van der Waals surface area contributed by atoms with Gasteiger partial charge in [0.1, 0.15) is 23.2 Å². The number of H-pyrrole nitrogens is 2. The Morgan fingerprint density at radius 3 is 2.64 bits per heavy atom. The van der Waals surface area contributed by atoms with Crippen molar-refractivity contribution in [2.45, 2.75) is 83.5 Å². The number of halogens is 1. The van der Waals surface area contributed by atoms with Crippen molar-refractivity contribution < 1.29 is 18.7 Å². The summed E-state index contributed by atoms with van der Waals surface area (Å²) in [5.41, 5.74) is 5.53. The second kappa shape index (κ2) is 14.6. The van der Waals surface area contributed by atoms with Crippen LogP contribution in [0.15, 0.2) is 60.9 Å².